The smallest absolute Gasteiger partial charge is 0.252 e. The zero-order chi connectivity index (χ0) is 83.4. The summed E-state index contributed by atoms with van der Waals surface area (Å²) >= 11 is 0. The summed E-state index contributed by atoms with van der Waals surface area (Å²) in [5.41, 5.74) is 32.1. The van der Waals surface area contributed by atoms with Crippen LogP contribution in [0.1, 0.15) is 112 Å². The molecule has 1 spiro atoms. The number of nitrogens with zero attached hydrogens (tertiary/aromatic N) is 3. The molecular weight excluding hydrogens is 1360 g/mol. The first-order chi connectivity index (χ1) is 58.3. The van der Waals surface area contributed by atoms with Crippen LogP contribution in [0.3, 0.4) is 0 Å². The van der Waals surface area contributed by atoms with Crippen molar-refractivity contribution in [2.45, 2.75) is 84.0 Å². The predicted molar refractivity (Wildman–Crippen MR) is 480 cm³/mol. The van der Waals surface area contributed by atoms with Crippen molar-refractivity contribution in [3.63, 3.8) is 0 Å². The van der Waals surface area contributed by atoms with Gasteiger partial charge in [-0.25, -0.2) is 0 Å². The van der Waals surface area contributed by atoms with Gasteiger partial charge in [-0.2, -0.15) is 0 Å². The monoisotopic (exact) mass is 1460 g/mol. The highest BCUT2D eigenvalue weighted by molar-refractivity contribution is 7.00. The van der Waals surface area contributed by atoms with E-state index < -0.39 is 48.4 Å². The first-order valence-corrected chi connectivity index (χ1v) is 39.5. The fourth-order valence-electron chi connectivity index (χ4n) is 19.1. The lowest BCUT2D eigenvalue weighted by Gasteiger charge is -2.46. The third kappa shape index (κ3) is 10.5. The van der Waals surface area contributed by atoms with E-state index in [1.54, 1.807) is 4.57 Å². The van der Waals surface area contributed by atoms with Gasteiger partial charge in [-0.3, -0.25) is 0 Å². The van der Waals surface area contributed by atoms with E-state index in [4.69, 9.17) is 0 Å². The third-order valence-electron chi connectivity index (χ3n) is 24.5. The van der Waals surface area contributed by atoms with Crippen LogP contribution in [-0.2, 0) is 21.7 Å². The molecule has 4 aliphatic rings. The fraction of sp³-hybridized carbons (Fsp3) is 0.119. The van der Waals surface area contributed by atoms with E-state index in [0.717, 1.165) is 128 Å². The van der Waals surface area contributed by atoms with Gasteiger partial charge in [-0.1, -0.05) is 372 Å². The predicted octanol–water partition coefficient (Wildman–Crippen LogP) is 27.1. The molecule has 17 aromatic rings. The molecule has 1 aromatic heterocycles. The molecule has 3 nitrogen and oxygen atoms in total. The van der Waals surface area contributed by atoms with Crippen molar-refractivity contribution in [3.8, 4) is 94.7 Å². The molecule has 0 saturated heterocycles. The van der Waals surface area contributed by atoms with Crippen molar-refractivity contribution >= 4 is 79.0 Å². The average Bonchev–Trinajstić information content (AvgIpc) is 1.61. The Balaban J connectivity index is 0.989. The van der Waals surface area contributed by atoms with E-state index >= 15 is 0 Å². The highest BCUT2D eigenvalue weighted by Crippen LogP contribution is 2.65. The molecular formula is C109H86BN3. The Hall–Kier alpha value is -13.0. The molecule has 0 fully saturated rings. The molecule has 3 heterocycles. The van der Waals surface area contributed by atoms with E-state index in [1.807, 2.05) is 0 Å². The normalized spacial score (nSPS) is 14.5. The summed E-state index contributed by atoms with van der Waals surface area (Å²) in [6.45, 7) is 20.0. The topological polar surface area (TPSA) is 11.4 Å². The van der Waals surface area contributed by atoms with Crippen molar-refractivity contribution < 1.29 is 11.0 Å². The van der Waals surface area contributed by atoms with Crippen molar-refractivity contribution in [3.05, 3.63) is 397 Å². The largest absolute Gasteiger partial charge is 0.310 e. The minimum Gasteiger partial charge on any atom is -0.310 e. The summed E-state index contributed by atoms with van der Waals surface area (Å²) in [7, 11) is 0. The van der Waals surface area contributed by atoms with Crippen LogP contribution in [0, 0.1) is 0 Å². The number of fused-ring (bicyclic) bond motifs is 17. The summed E-state index contributed by atoms with van der Waals surface area (Å²) in [6, 6.07) is 110. The van der Waals surface area contributed by atoms with Gasteiger partial charge in [0.25, 0.3) is 6.71 Å². The lowest BCUT2D eigenvalue weighted by molar-refractivity contribution is 0.569. The van der Waals surface area contributed by atoms with Gasteiger partial charge in [0.05, 0.1) is 44.5 Å². The quantitative estimate of drug-likeness (QED) is 0.133. The molecule has 0 unspecified atom stereocenters. The summed E-state index contributed by atoms with van der Waals surface area (Å²) in [5, 5.41) is -0.0221. The number of hydrogen-bond acceptors (Lipinski definition) is 2. The molecule has 0 saturated carbocycles. The molecule has 4 heteroatoms. The van der Waals surface area contributed by atoms with E-state index in [-0.39, 0.29) is 50.1 Å². The minimum absolute atomic E-state index is 0.0110. The average molecular weight is 1460 g/mol. The number of para-hydroxylation sites is 3. The number of benzene rings is 16. The van der Waals surface area contributed by atoms with Crippen molar-refractivity contribution in [1.82, 2.24) is 4.57 Å². The zero-order valence-electron chi connectivity index (χ0n) is 72.9. The van der Waals surface area contributed by atoms with Gasteiger partial charge in [0, 0.05) is 55.8 Å². The molecule has 0 N–H and O–H groups in total. The van der Waals surface area contributed by atoms with Crippen LogP contribution in [0.25, 0.3) is 117 Å². The molecule has 2 aliphatic carbocycles. The van der Waals surface area contributed by atoms with Crippen LogP contribution < -0.4 is 26.2 Å². The SMILES string of the molecule is [2H]c1c([2H])c([2H])c2c(c1[2H])c1c([2H])c([2H])c([2H])c([2H])c1n2-c1cc2c3c(c1)N(c1c(-c4ccccc4)cc(C(C)(C)C)cc1-c1ccccc1)c1cc(-c4cccc5c4C4(c6ccccc6-c6ccccc64)c4ccccc4-5)ccc1B3c1cc(-c3cc(C(C)(C)C)cc(C(C)(C)C)c3)ccc1N2c1c(-c2ccccc2)cccc1-c1ccccc1. The molecule has 2 aliphatic heterocycles. The van der Waals surface area contributed by atoms with E-state index in [2.05, 4.69) is 381 Å². The van der Waals surface area contributed by atoms with Crippen molar-refractivity contribution in [2.75, 3.05) is 9.80 Å². The summed E-state index contributed by atoms with van der Waals surface area (Å²) in [4.78, 5) is 4.96. The Morgan fingerprint density at radius 1 is 0.283 bits per heavy atom. The van der Waals surface area contributed by atoms with Crippen molar-refractivity contribution in [2.24, 2.45) is 0 Å². The maximum Gasteiger partial charge on any atom is 0.252 e. The molecule has 16 aromatic carbocycles. The maximum atomic E-state index is 10.3. The van der Waals surface area contributed by atoms with E-state index in [0.29, 0.717) is 5.69 Å². The maximum absolute atomic E-state index is 10.3. The highest BCUT2D eigenvalue weighted by Gasteiger charge is 2.53. The van der Waals surface area contributed by atoms with E-state index in [1.165, 1.54) is 50.1 Å². The van der Waals surface area contributed by atoms with Crippen molar-refractivity contribution in [1.29, 1.82) is 0 Å². The lowest BCUT2D eigenvalue weighted by atomic mass is 9.33. The first kappa shape index (κ1) is 59.8. The van der Waals surface area contributed by atoms with Crippen LogP contribution >= 0.6 is 0 Å². The highest BCUT2D eigenvalue weighted by atomic mass is 15.2. The molecule has 0 bridgehead atoms. The summed E-state index contributed by atoms with van der Waals surface area (Å²) < 4.78 is 80.4. The first-order valence-electron chi connectivity index (χ1n) is 43.5. The van der Waals surface area contributed by atoms with Gasteiger partial charge in [-0.15, -0.1) is 0 Å². The second-order valence-electron chi connectivity index (χ2n) is 34.1. The van der Waals surface area contributed by atoms with Crippen LogP contribution in [-0.4, -0.2) is 11.3 Å². The van der Waals surface area contributed by atoms with Gasteiger partial charge in [0.1, 0.15) is 0 Å². The Morgan fingerprint density at radius 3 is 1.18 bits per heavy atom. The number of rotatable bonds is 9. The number of aromatic nitrogens is 1. The Bertz CT molecular complexity index is 6970. The second-order valence-corrected chi connectivity index (χ2v) is 34.1. The Labute approximate surface area is 675 Å². The standard InChI is InChI=1S/C109H86BN3/c1-106(2,3)76-60-75(61-77(64-76)107(4,5)6)73-57-59-98-95(62-73)110-94-58-56-74(80-47-32-50-88-85-44-24-29-53-93(85)109(102(80)88)91-51-27-22-42-83(91)84-43-23-28-52-92(84)109)63-99(94)113(105-89(71-38-18-12-19-39-71)65-78(108(7,8)9)66-90(105)72-40-20-13-21-41-72)101-68-79(111-96-54-30-25-45-86(96)87-46-26-31-55-97(87)111)67-100(103(101)110)112(98)104-81(69-34-14-10-15-35-69)48-33-49-82(104)70-36-16-11-17-37-70/h10-68H,1-9H3/i25D,26D,30D,31D,45D,46D,54D,55D. The number of hydrogen-bond donors (Lipinski definition) is 0. The van der Waals surface area contributed by atoms with E-state index in [9.17, 15) is 11.0 Å². The lowest BCUT2D eigenvalue weighted by Crippen LogP contribution is -2.61. The molecule has 0 atom stereocenters. The van der Waals surface area contributed by atoms with Crippen LogP contribution in [0.5, 0.6) is 0 Å². The van der Waals surface area contributed by atoms with Crippen LogP contribution in [0.15, 0.2) is 358 Å². The molecule has 0 radical (unpaired) electrons. The van der Waals surface area contributed by atoms with Crippen LogP contribution in [0.4, 0.5) is 34.1 Å². The molecule has 0 amide bonds. The number of anilines is 6. The Morgan fingerprint density at radius 2 is 0.681 bits per heavy atom. The fourth-order valence-corrected chi connectivity index (χ4v) is 19.1. The zero-order valence-corrected chi connectivity index (χ0v) is 64.9. The van der Waals surface area contributed by atoms with Gasteiger partial charge in [-0.05, 0) is 187 Å². The summed E-state index contributed by atoms with van der Waals surface area (Å²) in [6.07, 6.45) is 0. The molecule has 540 valence electrons. The van der Waals surface area contributed by atoms with Crippen LogP contribution in [0.2, 0.25) is 0 Å². The molecule has 21 rings (SSSR count). The van der Waals surface area contributed by atoms with Gasteiger partial charge in [0.2, 0.25) is 0 Å². The summed E-state index contributed by atoms with van der Waals surface area (Å²) in [5.74, 6) is 0. The van der Waals surface area contributed by atoms with Gasteiger partial charge >= 0.3 is 0 Å². The minimum atomic E-state index is -0.730. The Kier molecular flexibility index (Phi) is 13.5. The van der Waals surface area contributed by atoms with Gasteiger partial charge < -0.3 is 14.4 Å². The van der Waals surface area contributed by atoms with Gasteiger partial charge in [0.15, 0.2) is 0 Å². The second kappa shape index (κ2) is 25.5. The third-order valence-corrected chi connectivity index (χ3v) is 24.5. The molecule has 113 heavy (non-hydrogen) atoms.